The molecule has 4 aromatic carbocycles. The number of hydrogen-bond donors (Lipinski definition) is 4. The zero-order valence-electron chi connectivity index (χ0n) is 27.6. The Morgan fingerprint density at radius 3 is 1.55 bits per heavy atom. The van der Waals surface area contributed by atoms with Gasteiger partial charge >= 0.3 is 0 Å². The number of carbonyl (C=O) groups excluding carboxylic acids is 1. The summed E-state index contributed by atoms with van der Waals surface area (Å²) in [5.74, 6) is 2.89. The molecule has 13 nitrogen and oxygen atoms in total. The fraction of sp³-hybridized carbons (Fsp3) is 0.219. The molecule has 0 aliphatic rings. The smallest absolute Gasteiger partial charge is 0.254 e. The lowest BCUT2D eigenvalue weighted by Gasteiger charge is -2.14. The molecule has 0 fully saturated rings. The highest BCUT2D eigenvalue weighted by Gasteiger charge is 2.18. The van der Waals surface area contributed by atoms with Crippen LogP contribution in [0, 0.1) is 0 Å². The summed E-state index contributed by atoms with van der Waals surface area (Å²) in [6, 6.07) is 19.1. The number of benzene rings is 4. The zero-order chi connectivity index (χ0) is 36.4. The van der Waals surface area contributed by atoms with Crippen LogP contribution in [0.5, 0.6) is 34.5 Å². The molecule has 0 atom stereocenters. The van der Waals surface area contributed by atoms with Crippen LogP contribution in [0.2, 0.25) is 0 Å². The van der Waals surface area contributed by atoms with Crippen molar-refractivity contribution in [1.29, 1.82) is 0 Å². The molecule has 0 saturated heterocycles. The van der Waals surface area contributed by atoms with E-state index in [1.165, 1.54) is 49.1 Å². The molecule has 0 saturated carbocycles. The van der Waals surface area contributed by atoms with Crippen LogP contribution in [0.25, 0.3) is 0 Å². The van der Waals surface area contributed by atoms with Crippen molar-refractivity contribution in [2.24, 2.45) is 10.3 Å². The summed E-state index contributed by atoms with van der Waals surface area (Å²) in [4.78, 5) is 13.8. The van der Waals surface area contributed by atoms with Crippen LogP contribution >= 0.6 is 23.5 Å². The lowest BCUT2D eigenvalue weighted by Crippen LogP contribution is -2.20. The average Bonchev–Trinajstić information content (AvgIpc) is 3.08. The van der Waals surface area contributed by atoms with E-state index in [1.807, 2.05) is 24.6 Å². The van der Waals surface area contributed by atoms with Crippen molar-refractivity contribution in [3.05, 3.63) is 83.9 Å². The highest BCUT2D eigenvalue weighted by Crippen LogP contribution is 2.36. The Balaban J connectivity index is 0.000000266. The van der Waals surface area contributed by atoms with Crippen molar-refractivity contribution < 1.29 is 40.6 Å². The molecule has 0 radical (unpaired) electrons. The van der Waals surface area contributed by atoms with Crippen molar-refractivity contribution in [3.63, 3.8) is 0 Å². The number of rotatable bonds is 13. The molecule has 6 N–H and O–H groups in total. The Kier molecular flexibility index (Phi) is 14.2. The molecule has 0 aliphatic heterocycles. The molecular weight excluding hydrogens is 713 g/mol. The molecule has 0 unspecified atom stereocenters. The van der Waals surface area contributed by atoms with Gasteiger partial charge in [0, 0.05) is 19.2 Å². The molecule has 4 aromatic rings. The second kappa shape index (κ2) is 17.6. The normalized spacial score (nSPS) is 11.2. The maximum absolute atomic E-state index is 12.1. The summed E-state index contributed by atoms with van der Waals surface area (Å²) in [5, 5.41) is 15.7. The van der Waals surface area contributed by atoms with Gasteiger partial charge in [0.25, 0.3) is 5.91 Å². The minimum Gasteiger partial charge on any atom is -0.496 e. The van der Waals surface area contributed by atoms with E-state index in [0.29, 0.717) is 35.1 Å². The molecule has 0 aliphatic carbocycles. The van der Waals surface area contributed by atoms with Crippen LogP contribution in [-0.4, -0.2) is 63.6 Å². The lowest BCUT2D eigenvalue weighted by molar-refractivity contribution is 0.0960. The van der Waals surface area contributed by atoms with Crippen molar-refractivity contribution in [2.75, 3.05) is 40.8 Å². The first kappa shape index (κ1) is 39.5. The fourth-order valence-corrected chi connectivity index (χ4v) is 6.54. The monoisotopic (exact) mass is 750 g/mol. The van der Waals surface area contributed by atoms with Crippen LogP contribution in [0.1, 0.15) is 15.9 Å². The van der Waals surface area contributed by atoms with Crippen LogP contribution < -0.4 is 39.9 Å². The topological polar surface area (TPSA) is 198 Å². The largest absolute Gasteiger partial charge is 0.496 e. The minimum absolute atomic E-state index is 0.0552. The Labute approximate surface area is 295 Å². The first-order chi connectivity index (χ1) is 23.2. The molecule has 0 heterocycles. The van der Waals surface area contributed by atoms with E-state index in [2.05, 4.69) is 10.6 Å². The molecule has 0 aromatic heterocycles. The van der Waals surface area contributed by atoms with E-state index in [0.717, 1.165) is 15.5 Å². The van der Waals surface area contributed by atoms with Crippen LogP contribution in [-0.2, 0) is 26.6 Å². The van der Waals surface area contributed by atoms with Crippen LogP contribution in [0.15, 0.2) is 92.4 Å². The number of sulfonamides is 2. The third-order valence-corrected chi connectivity index (χ3v) is 9.98. The van der Waals surface area contributed by atoms with Gasteiger partial charge in [-0.2, -0.15) is 0 Å². The summed E-state index contributed by atoms with van der Waals surface area (Å²) >= 11 is 3.04. The maximum Gasteiger partial charge on any atom is 0.254 e. The van der Waals surface area contributed by atoms with Crippen LogP contribution in [0.3, 0.4) is 0 Å². The van der Waals surface area contributed by atoms with Gasteiger partial charge in [-0.3, -0.25) is 4.79 Å². The first-order valence-electron chi connectivity index (χ1n) is 14.2. The fourth-order valence-electron chi connectivity index (χ4n) is 4.26. The highest BCUT2D eigenvalue weighted by molar-refractivity contribution is 7.99. The van der Waals surface area contributed by atoms with E-state index in [4.69, 9.17) is 29.2 Å². The van der Waals surface area contributed by atoms with E-state index in [1.54, 1.807) is 63.4 Å². The van der Waals surface area contributed by atoms with E-state index < -0.39 is 26.0 Å². The van der Waals surface area contributed by atoms with Gasteiger partial charge in [0.2, 0.25) is 20.0 Å². The van der Waals surface area contributed by atoms with Crippen molar-refractivity contribution in [3.8, 4) is 34.5 Å². The molecule has 49 heavy (non-hydrogen) atoms. The number of nitrogens with one attached hydrogen (secondary N) is 2. The SMILES string of the molecule is CNC(=O)c1cc(S(N)(=O)=O)ccc1Oc1ccc(OC)c(SC)c1.CNCc1cc(S(N)(=O)=O)ccc1Oc1ccc(OC)c(SC)c1. The molecule has 0 spiro atoms. The summed E-state index contributed by atoms with van der Waals surface area (Å²) in [6.45, 7) is 0.449. The van der Waals surface area contributed by atoms with Crippen LogP contribution in [0.4, 0.5) is 0 Å². The summed E-state index contributed by atoms with van der Waals surface area (Å²) < 4.78 is 68.3. The van der Waals surface area contributed by atoms with E-state index >= 15 is 0 Å². The van der Waals surface area contributed by atoms with Gasteiger partial charge in [-0.1, -0.05) is 0 Å². The van der Waals surface area contributed by atoms with Gasteiger partial charge in [0.1, 0.15) is 34.5 Å². The van der Waals surface area contributed by atoms with Crippen molar-refractivity contribution in [2.45, 2.75) is 26.1 Å². The maximum atomic E-state index is 12.1. The average molecular weight is 751 g/mol. The summed E-state index contributed by atoms with van der Waals surface area (Å²) in [6.07, 6.45) is 3.85. The number of carbonyl (C=O) groups is 1. The standard InChI is InChI=1S/C16H18N2O5S2.C16H20N2O4S2/c1-18-16(19)12-9-11(25(17,20)21)5-7-13(12)23-10-4-6-14(22-2)15(8-10)24-3;1-18-10-11-8-13(24(17,19)20)5-7-14(11)22-12-4-6-15(21-2)16(9-12)23-3/h4-9H,1-3H3,(H,18,19)(H2,17,20,21);4-9,18H,10H2,1-3H3,(H2,17,19,20). The number of amides is 1. The Bertz CT molecular complexity index is 2010. The number of hydrogen-bond acceptors (Lipinski definition) is 12. The second-order valence-electron chi connectivity index (χ2n) is 9.86. The number of methoxy groups -OCH3 is 2. The van der Waals surface area contributed by atoms with Crippen molar-refractivity contribution >= 4 is 49.5 Å². The molecule has 0 bridgehead atoms. The second-order valence-corrected chi connectivity index (χ2v) is 14.7. The van der Waals surface area contributed by atoms with Gasteiger partial charge in [-0.25, -0.2) is 27.1 Å². The van der Waals surface area contributed by atoms with Crippen molar-refractivity contribution in [1.82, 2.24) is 10.6 Å². The predicted octanol–water partition coefficient (Wildman–Crippen LogP) is 4.79. The Hall–Kier alpha value is -3.97. The molecule has 264 valence electrons. The Morgan fingerprint density at radius 1 is 0.673 bits per heavy atom. The third-order valence-electron chi connectivity index (χ3n) is 6.64. The highest BCUT2D eigenvalue weighted by atomic mass is 32.2. The lowest BCUT2D eigenvalue weighted by atomic mass is 10.2. The quantitative estimate of drug-likeness (QED) is 0.137. The number of thioether (sulfide) groups is 2. The van der Waals surface area contributed by atoms with Gasteiger partial charge in [-0.15, -0.1) is 23.5 Å². The molecule has 4 rings (SSSR count). The molecule has 1 amide bonds. The summed E-state index contributed by atoms with van der Waals surface area (Å²) in [7, 11) is -1.29. The third kappa shape index (κ3) is 10.8. The Morgan fingerprint density at radius 2 is 1.12 bits per heavy atom. The van der Waals surface area contributed by atoms with Gasteiger partial charge in [-0.05, 0) is 92.4 Å². The number of nitrogens with two attached hydrogens (primary N) is 2. The van der Waals surface area contributed by atoms with Gasteiger partial charge in [0.05, 0.1) is 39.4 Å². The molecular formula is C32H38N4O9S4. The predicted molar refractivity (Wildman–Crippen MR) is 191 cm³/mol. The first-order valence-corrected chi connectivity index (χ1v) is 19.7. The minimum atomic E-state index is -3.93. The summed E-state index contributed by atoms with van der Waals surface area (Å²) in [5.41, 5.74) is 0.765. The number of primary sulfonamides is 2. The van der Waals surface area contributed by atoms with E-state index in [9.17, 15) is 21.6 Å². The number of ether oxygens (including phenoxy) is 4. The van der Waals surface area contributed by atoms with Gasteiger partial charge in [0.15, 0.2) is 0 Å². The van der Waals surface area contributed by atoms with Gasteiger partial charge < -0.3 is 29.6 Å². The zero-order valence-corrected chi connectivity index (χ0v) is 30.9. The van der Waals surface area contributed by atoms with E-state index in [-0.39, 0.29) is 21.1 Å². The molecule has 17 heteroatoms.